The highest BCUT2D eigenvalue weighted by Crippen LogP contribution is 2.37. The third kappa shape index (κ3) is 3.95. The molecule has 1 fully saturated rings. The van der Waals surface area contributed by atoms with E-state index in [1.54, 1.807) is 32.5 Å². The van der Waals surface area contributed by atoms with Gasteiger partial charge in [0.25, 0.3) is 5.91 Å². The maximum atomic E-state index is 13.3. The van der Waals surface area contributed by atoms with Crippen molar-refractivity contribution in [2.24, 2.45) is 0 Å². The van der Waals surface area contributed by atoms with Gasteiger partial charge in [-0.25, -0.2) is 9.67 Å². The lowest BCUT2D eigenvalue weighted by Gasteiger charge is -2.33. The van der Waals surface area contributed by atoms with Crippen molar-refractivity contribution in [2.45, 2.75) is 31.8 Å². The molecule has 0 N–H and O–H groups in total. The van der Waals surface area contributed by atoms with Gasteiger partial charge in [-0.2, -0.15) is 5.10 Å². The van der Waals surface area contributed by atoms with Crippen LogP contribution in [-0.2, 0) is 17.8 Å². The third-order valence-corrected chi connectivity index (χ3v) is 6.50. The predicted octanol–water partition coefficient (Wildman–Crippen LogP) is 3.38. The van der Waals surface area contributed by atoms with Crippen LogP contribution < -0.4 is 9.47 Å². The van der Waals surface area contributed by atoms with Gasteiger partial charge in [0.1, 0.15) is 0 Å². The van der Waals surface area contributed by atoms with E-state index in [-0.39, 0.29) is 11.8 Å². The Morgan fingerprint density at radius 3 is 2.67 bits per heavy atom. The summed E-state index contributed by atoms with van der Waals surface area (Å²) in [5.74, 6) is 2.10. The van der Waals surface area contributed by atoms with Crippen molar-refractivity contribution in [1.82, 2.24) is 19.7 Å². The predicted molar refractivity (Wildman–Crippen MR) is 122 cm³/mol. The molecule has 0 saturated carbocycles. The number of ether oxygens (including phenoxy) is 3. The van der Waals surface area contributed by atoms with Gasteiger partial charge in [-0.1, -0.05) is 12.1 Å². The van der Waals surface area contributed by atoms with Crippen molar-refractivity contribution < 1.29 is 19.0 Å². The van der Waals surface area contributed by atoms with Gasteiger partial charge in [0.2, 0.25) is 0 Å². The number of nitrogens with zero attached hydrogens (tertiary/aromatic N) is 4. The zero-order chi connectivity index (χ0) is 22.8. The smallest absolute Gasteiger partial charge is 0.257 e. The molecule has 0 radical (unpaired) electrons. The number of pyridine rings is 1. The first-order chi connectivity index (χ1) is 16.2. The molecule has 0 aliphatic carbocycles. The van der Waals surface area contributed by atoms with E-state index in [4.69, 9.17) is 19.3 Å². The molecule has 1 saturated heterocycles. The summed E-state index contributed by atoms with van der Waals surface area (Å²) >= 11 is 0. The zero-order valence-corrected chi connectivity index (χ0v) is 19.0. The van der Waals surface area contributed by atoms with Crippen molar-refractivity contribution >= 4 is 5.91 Å². The molecule has 1 amide bonds. The highest BCUT2D eigenvalue weighted by atomic mass is 16.5. The standard InChI is InChI=1S/C25H28N4O4/c1-31-21-7-5-6-18(24(21)32-2)25(30)28-13-9-17(10-14-28)23-19-16-33-15-11-20(19)27-29(23)22-8-3-4-12-26-22/h3-8,12,17H,9-11,13-16H2,1-2H3. The summed E-state index contributed by atoms with van der Waals surface area (Å²) < 4.78 is 18.6. The Morgan fingerprint density at radius 1 is 1.09 bits per heavy atom. The summed E-state index contributed by atoms with van der Waals surface area (Å²) in [6, 6.07) is 11.3. The van der Waals surface area contributed by atoms with Gasteiger partial charge in [0, 0.05) is 37.2 Å². The van der Waals surface area contributed by atoms with Crippen molar-refractivity contribution in [3.05, 3.63) is 65.1 Å². The first kappa shape index (κ1) is 21.5. The molecule has 172 valence electrons. The molecule has 0 bridgehead atoms. The Morgan fingerprint density at radius 2 is 1.94 bits per heavy atom. The van der Waals surface area contributed by atoms with Crippen molar-refractivity contribution in [1.29, 1.82) is 0 Å². The van der Waals surface area contributed by atoms with Gasteiger partial charge in [0.05, 0.1) is 44.4 Å². The molecule has 0 unspecified atom stereocenters. The lowest BCUT2D eigenvalue weighted by molar-refractivity contribution is 0.0705. The number of benzene rings is 1. The molecule has 8 nitrogen and oxygen atoms in total. The zero-order valence-electron chi connectivity index (χ0n) is 19.0. The fourth-order valence-electron chi connectivity index (χ4n) is 4.87. The number of piperidine rings is 1. The SMILES string of the molecule is COc1cccc(C(=O)N2CCC(c3c4c(nn3-c3ccccn3)CCOC4)CC2)c1OC. The van der Waals surface area contributed by atoms with Gasteiger partial charge in [-0.05, 0) is 37.1 Å². The number of amides is 1. The average Bonchev–Trinajstić information content (AvgIpc) is 3.28. The van der Waals surface area contributed by atoms with E-state index in [0.29, 0.717) is 43.4 Å². The Hall–Kier alpha value is -3.39. The quantitative estimate of drug-likeness (QED) is 0.596. The molecule has 3 aromatic rings. The van der Waals surface area contributed by atoms with E-state index in [1.165, 1.54) is 11.3 Å². The largest absolute Gasteiger partial charge is 0.493 e. The molecular formula is C25H28N4O4. The number of likely N-dealkylation sites (tertiary alicyclic amines) is 1. The molecular weight excluding hydrogens is 420 g/mol. The van der Waals surface area contributed by atoms with Crippen molar-refractivity contribution in [3.63, 3.8) is 0 Å². The van der Waals surface area contributed by atoms with E-state index < -0.39 is 0 Å². The highest BCUT2D eigenvalue weighted by molar-refractivity contribution is 5.97. The van der Waals surface area contributed by atoms with Gasteiger partial charge in [0.15, 0.2) is 17.3 Å². The number of rotatable bonds is 5. The molecule has 2 aliphatic heterocycles. The number of carbonyl (C=O) groups is 1. The monoisotopic (exact) mass is 448 g/mol. The molecule has 2 aliphatic rings. The third-order valence-electron chi connectivity index (χ3n) is 6.50. The van der Waals surface area contributed by atoms with Gasteiger partial charge >= 0.3 is 0 Å². The van der Waals surface area contributed by atoms with E-state index in [2.05, 4.69) is 4.98 Å². The Bertz CT molecular complexity index is 1140. The second-order valence-corrected chi connectivity index (χ2v) is 8.32. The van der Waals surface area contributed by atoms with Crippen LogP contribution in [0.4, 0.5) is 0 Å². The minimum Gasteiger partial charge on any atom is -0.493 e. The minimum atomic E-state index is -0.0344. The Labute approximate surface area is 193 Å². The molecule has 1 aromatic carbocycles. The lowest BCUT2D eigenvalue weighted by atomic mass is 9.89. The summed E-state index contributed by atoms with van der Waals surface area (Å²) in [6.07, 6.45) is 4.31. The first-order valence-electron chi connectivity index (χ1n) is 11.3. The van der Waals surface area contributed by atoms with Crippen LogP contribution in [0.25, 0.3) is 5.82 Å². The second kappa shape index (κ2) is 9.23. The number of methoxy groups -OCH3 is 2. The van der Waals surface area contributed by atoms with Crippen LogP contribution in [0.1, 0.15) is 46.1 Å². The van der Waals surface area contributed by atoms with Crippen LogP contribution >= 0.6 is 0 Å². The number of carbonyl (C=O) groups excluding carboxylic acids is 1. The number of hydrogen-bond acceptors (Lipinski definition) is 6. The maximum Gasteiger partial charge on any atom is 0.257 e. The van der Waals surface area contributed by atoms with E-state index in [0.717, 1.165) is 30.8 Å². The van der Waals surface area contributed by atoms with E-state index in [9.17, 15) is 4.79 Å². The van der Waals surface area contributed by atoms with Crippen molar-refractivity contribution in [3.8, 4) is 17.3 Å². The van der Waals surface area contributed by atoms with Gasteiger partial charge in [-0.3, -0.25) is 4.79 Å². The number of aromatic nitrogens is 3. The van der Waals surface area contributed by atoms with Crippen LogP contribution in [0.5, 0.6) is 11.5 Å². The number of fused-ring (bicyclic) bond motifs is 1. The summed E-state index contributed by atoms with van der Waals surface area (Å²) in [5.41, 5.74) is 3.99. The van der Waals surface area contributed by atoms with Crippen LogP contribution in [0.15, 0.2) is 42.6 Å². The van der Waals surface area contributed by atoms with Crippen LogP contribution in [-0.4, -0.2) is 59.5 Å². The van der Waals surface area contributed by atoms with Crippen molar-refractivity contribution in [2.75, 3.05) is 33.9 Å². The maximum absolute atomic E-state index is 13.3. The van der Waals surface area contributed by atoms with Gasteiger partial charge < -0.3 is 19.1 Å². The second-order valence-electron chi connectivity index (χ2n) is 8.32. The number of para-hydroxylation sites is 1. The first-order valence-corrected chi connectivity index (χ1v) is 11.3. The minimum absolute atomic E-state index is 0.0344. The fraction of sp³-hybridized carbons (Fsp3) is 0.400. The summed E-state index contributed by atoms with van der Waals surface area (Å²) in [5, 5.41) is 4.90. The molecule has 2 aromatic heterocycles. The summed E-state index contributed by atoms with van der Waals surface area (Å²) in [4.78, 5) is 19.7. The Kier molecular flexibility index (Phi) is 6.00. The normalized spacial score (nSPS) is 16.4. The summed E-state index contributed by atoms with van der Waals surface area (Å²) in [6.45, 7) is 2.60. The molecule has 33 heavy (non-hydrogen) atoms. The van der Waals surface area contributed by atoms with Gasteiger partial charge in [-0.15, -0.1) is 0 Å². The van der Waals surface area contributed by atoms with Crippen LogP contribution in [0.3, 0.4) is 0 Å². The number of hydrogen-bond donors (Lipinski definition) is 0. The van der Waals surface area contributed by atoms with E-state index >= 15 is 0 Å². The topological polar surface area (TPSA) is 78.7 Å². The molecule has 4 heterocycles. The fourth-order valence-corrected chi connectivity index (χ4v) is 4.87. The molecule has 0 spiro atoms. The average molecular weight is 449 g/mol. The van der Waals surface area contributed by atoms with Crippen LogP contribution in [0, 0.1) is 0 Å². The molecule has 8 heteroatoms. The Balaban J connectivity index is 1.39. The van der Waals surface area contributed by atoms with Crippen LogP contribution in [0.2, 0.25) is 0 Å². The molecule has 5 rings (SSSR count). The summed E-state index contributed by atoms with van der Waals surface area (Å²) in [7, 11) is 3.14. The lowest BCUT2D eigenvalue weighted by Crippen LogP contribution is -2.38. The highest BCUT2D eigenvalue weighted by Gasteiger charge is 2.32. The van der Waals surface area contributed by atoms with E-state index in [1.807, 2.05) is 33.8 Å². The molecule has 0 atom stereocenters.